The summed E-state index contributed by atoms with van der Waals surface area (Å²) >= 11 is 0. The maximum Gasteiger partial charge on any atom is 0.416 e. The van der Waals surface area contributed by atoms with E-state index in [1.807, 2.05) is 26.2 Å². The molecule has 3 heterocycles. The maximum atomic E-state index is 17.2. The van der Waals surface area contributed by atoms with Crippen molar-refractivity contribution in [3.05, 3.63) is 81.4 Å². The number of alkyl halides is 6. The minimum Gasteiger partial charge on any atom is -0.388 e. The van der Waals surface area contributed by atoms with Gasteiger partial charge in [0.25, 0.3) is 0 Å². The standard InChI is InChI=1S/C37H44F6N4O/c1-21(2)25-19-44-34(45-20-25)47-15-11-24(12-16-47)33-31(32(38)23-5-7-26(8-6-23)37(41,42)43)29(22-9-13-36(39,40)14-10-22)30-27(46-33)17-35(3,4)18-28(30)48/h5-8,19-22,24,28,32,48H,9-18H2,1-4H3/t28-,32?/m0/s1. The molecule has 0 radical (unpaired) electrons. The predicted molar refractivity (Wildman–Crippen MR) is 172 cm³/mol. The first kappa shape index (κ1) is 34.6. The van der Waals surface area contributed by atoms with Gasteiger partial charge in [-0.2, -0.15) is 13.2 Å². The minimum atomic E-state index is -4.58. The van der Waals surface area contributed by atoms with Crippen LogP contribution in [0.4, 0.5) is 32.3 Å². The molecule has 3 aliphatic rings. The van der Waals surface area contributed by atoms with Gasteiger partial charge in [0.15, 0.2) is 6.17 Å². The van der Waals surface area contributed by atoms with Crippen LogP contribution in [0.5, 0.6) is 0 Å². The van der Waals surface area contributed by atoms with Crippen LogP contribution in [0.25, 0.3) is 0 Å². The molecular weight excluding hydrogens is 630 g/mol. The van der Waals surface area contributed by atoms with Crippen molar-refractivity contribution in [1.29, 1.82) is 0 Å². The highest BCUT2D eigenvalue weighted by molar-refractivity contribution is 5.51. The average Bonchev–Trinajstić information content (AvgIpc) is 3.03. The fourth-order valence-corrected chi connectivity index (χ4v) is 7.86. The number of aliphatic hydroxyl groups excluding tert-OH is 1. The van der Waals surface area contributed by atoms with Crippen molar-refractivity contribution in [3.63, 3.8) is 0 Å². The molecule has 1 N–H and O–H groups in total. The number of anilines is 1. The number of nitrogens with zero attached hydrogens (tertiary/aromatic N) is 4. The Morgan fingerprint density at radius 1 is 0.875 bits per heavy atom. The van der Waals surface area contributed by atoms with Gasteiger partial charge in [-0.25, -0.2) is 23.1 Å². The molecule has 1 saturated heterocycles. The smallest absolute Gasteiger partial charge is 0.388 e. The topological polar surface area (TPSA) is 62.1 Å². The molecule has 1 unspecified atom stereocenters. The largest absolute Gasteiger partial charge is 0.416 e. The van der Waals surface area contributed by atoms with Gasteiger partial charge in [0.1, 0.15) is 0 Å². The number of piperidine rings is 1. The molecule has 48 heavy (non-hydrogen) atoms. The molecule has 1 aromatic carbocycles. The number of hydrogen-bond donors (Lipinski definition) is 1. The number of benzene rings is 1. The average molecular weight is 675 g/mol. The summed E-state index contributed by atoms with van der Waals surface area (Å²) in [4.78, 5) is 16.3. The molecule has 6 rings (SSSR count). The van der Waals surface area contributed by atoms with E-state index in [1.165, 1.54) is 0 Å². The first-order chi connectivity index (χ1) is 22.5. The highest BCUT2D eigenvalue weighted by Crippen LogP contribution is 2.52. The zero-order chi connectivity index (χ0) is 34.6. The Labute approximate surface area is 278 Å². The number of aromatic nitrogens is 3. The van der Waals surface area contributed by atoms with Crippen LogP contribution in [-0.4, -0.2) is 39.1 Å². The fraction of sp³-hybridized carbons (Fsp3) is 0.595. The number of halogens is 6. The summed E-state index contributed by atoms with van der Waals surface area (Å²) in [6, 6.07) is 4.04. The summed E-state index contributed by atoms with van der Waals surface area (Å²) in [5.41, 5.74) is 2.38. The lowest BCUT2D eigenvalue weighted by Gasteiger charge is -2.41. The highest BCUT2D eigenvalue weighted by atomic mass is 19.4. The summed E-state index contributed by atoms with van der Waals surface area (Å²) in [7, 11) is 0. The van der Waals surface area contributed by atoms with Gasteiger partial charge in [-0.1, -0.05) is 39.8 Å². The van der Waals surface area contributed by atoms with Crippen LogP contribution in [0.1, 0.15) is 147 Å². The van der Waals surface area contributed by atoms with E-state index in [0.29, 0.717) is 73.2 Å². The quantitative estimate of drug-likeness (QED) is 0.264. The fourth-order valence-electron chi connectivity index (χ4n) is 7.86. The van der Waals surface area contributed by atoms with Crippen LogP contribution in [0.15, 0.2) is 36.7 Å². The van der Waals surface area contributed by atoms with Gasteiger partial charge in [-0.05, 0) is 84.6 Å². The lowest BCUT2D eigenvalue weighted by Crippen LogP contribution is -2.36. The number of pyridine rings is 1. The van der Waals surface area contributed by atoms with E-state index in [0.717, 1.165) is 29.8 Å². The monoisotopic (exact) mass is 674 g/mol. The SMILES string of the molecule is CC(C)c1cnc(N2CCC(c3nc4c(c(C5CCC(F)(F)CC5)c3C(F)c3ccc(C(F)(F)F)cc3)[C@@H](O)CC(C)(C)C4)CC2)nc1. The van der Waals surface area contributed by atoms with Gasteiger partial charge in [-0.15, -0.1) is 0 Å². The van der Waals surface area contributed by atoms with Crippen LogP contribution in [-0.2, 0) is 12.6 Å². The summed E-state index contributed by atoms with van der Waals surface area (Å²) in [6.07, 6.45) is -2.07. The number of fused-ring (bicyclic) bond motifs is 1. The van der Waals surface area contributed by atoms with Crippen molar-refractivity contribution >= 4 is 5.95 Å². The number of rotatable bonds is 6. The van der Waals surface area contributed by atoms with Crippen molar-refractivity contribution < 1.29 is 31.4 Å². The van der Waals surface area contributed by atoms with Crippen molar-refractivity contribution in [3.8, 4) is 0 Å². The van der Waals surface area contributed by atoms with Crippen LogP contribution < -0.4 is 4.90 Å². The molecule has 2 aromatic heterocycles. The van der Waals surface area contributed by atoms with E-state index < -0.39 is 35.9 Å². The van der Waals surface area contributed by atoms with E-state index >= 15 is 4.39 Å². The Balaban J connectivity index is 1.45. The third kappa shape index (κ3) is 7.07. The maximum absolute atomic E-state index is 17.2. The van der Waals surface area contributed by atoms with E-state index in [1.54, 1.807) is 0 Å². The van der Waals surface area contributed by atoms with Crippen LogP contribution in [0, 0.1) is 5.41 Å². The molecule has 1 aliphatic heterocycles. The molecule has 11 heteroatoms. The number of aliphatic hydroxyl groups is 1. The molecule has 5 nitrogen and oxygen atoms in total. The minimum absolute atomic E-state index is 0.0371. The summed E-state index contributed by atoms with van der Waals surface area (Å²) < 4.78 is 86.3. The predicted octanol–water partition coefficient (Wildman–Crippen LogP) is 9.76. The Hall–Kier alpha value is -3.21. The Bertz CT molecular complexity index is 1590. The van der Waals surface area contributed by atoms with Crippen molar-refractivity contribution in [2.45, 2.75) is 121 Å². The second kappa shape index (κ2) is 12.9. The van der Waals surface area contributed by atoms with Crippen molar-refractivity contribution in [2.75, 3.05) is 18.0 Å². The second-order valence-corrected chi connectivity index (χ2v) is 15.1. The molecular formula is C37H44F6N4O. The van der Waals surface area contributed by atoms with E-state index in [2.05, 4.69) is 28.7 Å². The molecule has 3 aromatic rings. The second-order valence-electron chi connectivity index (χ2n) is 15.1. The normalized spacial score (nSPS) is 22.5. The summed E-state index contributed by atoms with van der Waals surface area (Å²) in [5.74, 6) is -2.55. The van der Waals surface area contributed by atoms with Crippen LogP contribution in [0.3, 0.4) is 0 Å². The zero-order valence-electron chi connectivity index (χ0n) is 27.9. The van der Waals surface area contributed by atoms with Gasteiger partial charge in [0, 0.05) is 61.1 Å². The van der Waals surface area contributed by atoms with E-state index in [-0.39, 0.29) is 48.1 Å². The first-order valence-corrected chi connectivity index (χ1v) is 17.0. The van der Waals surface area contributed by atoms with Gasteiger partial charge in [0.05, 0.1) is 17.4 Å². The Morgan fingerprint density at radius 2 is 1.48 bits per heavy atom. The van der Waals surface area contributed by atoms with Crippen LogP contribution >= 0.6 is 0 Å². The molecule has 0 spiro atoms. The van der Waals surface area contributed by atoms with Gasteiger partial charge in [0.2, 0.25) is 11.9 Å². The molecule has 2 fully saturated rings. The van der Waals surface area contributed by atoms with Crippen molar-refractivity contribution in [1.82, 2.24) is 15.0 Å². The number of hydrogen-bond acceptors (Lipinski definition) is 5. The zero-order valence-corrected chi connectivity index (χ0v) is 27.9. The highest BCUT2D eigenvalue weighted by Gasteiger charge is 2.44. The van der Waals surface area contributed by atoms with Crippen molar-refractivity contribution in [2.24, 2.45) is 5.41 Å². The third-order valence-electron chi connectivity index (χ3n) is 10.5. The Morgan fingerprint density at radius 3 is 2.04 bits per heavy atom. The van der Waals surface area contributed by atoms with E-state index in [4.69, 9.17) is 4.98 Å². The summed E-state index contributed by atoms with van der Waals surface area (Å²) in [6.45, 7) is 9.39. The first-order valence-electron chi connectivity index (χ1n) is 17.0. The Kier molecular flexibility index (Phi) is 9.32. The summed E-state index contributed by atoms with van der Waals surface area (Å²) in [5, 5.41) is 11.6. The molecule has 1 saturated carbocycles. The molecule has 0 bridgehead atoms. The molecule has 2 atom stereocenters. The lowest BCUT2D eigenvalue weighted by molar-refractivity contribution is -0.137. The van der Waals surface area contributed by atoms with Gasteiger partial charge < -0.3 is 10.0 Å². The van der Waals surface area contributed by atoms with E-state index in [9.17, 15) is 27.1 Å². The molecule has 260 valence electrons. The molecule has 2 aliphatic carbocycles. The molecule has 0 amide bonds. The van der Waals surface area contributed by atoms with Crippen LogP contribution in [0.2, 0.25) is 0 Å². The van der Waals surface area contributed by atoms with Gasteiger partial charge in [-0.3, -0.25) is 4.98 Å². The third-order valence-corrected chi connectivity index (χ3v) is 10.5. The lowest BCUT2D eigenvalue weighted by atomic mass is 9.68. The van der Waals surface area contributed by atoms with Gasteiger partial charge >= 0.3 is 6.18 Å².